The lowest BCUT2D eigenvalue weighted by Crippen LogP contribution is -2.23. The molecule has 8 heteroatoms. The second kappa shape index (κ2) is 8.15. The minimum atomic E-state index is -0.237. The third kappa shape index (κ3) is 4.05. The van der Waals surface area contributed by atoms with Crippen molar-refractivity contribution in [3.63, 3.8) is 0 Å². The molecular weight excluding hydrogens is 453 g/mol. The molecular formula is C23H13Cl2N3O2S. The fourth-order valence-corrected chi connectivity index (χ4v) is 4.21. The lowest BCUT2D eigenvalue weighted by molar-refractivity contribution is 0.571. The number of benzene rings is 2. The summed E-state index contributed by atoms with van der Waals surface area (Å²) in [6.07, 6.45) is 5.38. The van der Waals surface area contributed by atoms with E-state index in [2.05, 4.69) is 10.1 Å². The highest BCUT2D eigenvalue weighted by atomic mass is 35.5. The maximum Gasteiger partial charge on any atom is 0.291 e. The third-order valence-electron chi connectivity index (χ3n) is 4.53. The number of aromatic nitrogens is 3. The number of furan rings is 1. The summed E-state index contributed by atoms with van der Waals surface area (Å²) in [4.78, 5) is 17.7. The Morgan fingerprint density at radius 3 is 2.58 bits per heavy atom. The molecule has 0 fully saturated rings. The monoisotopic (exact) mass is 465 g/mol. The van der Waals surface area contributed by atoms with Gasteiger partial charge < -0.3 is 4.42 Å². The molecule has 2 aromatic carbocycles. The van der Waals surface area contributed by atoms with E-state index in [1.807, 2.05) is 48.5 Å². The summed E-state index contributed by atoms with van der Waals surface area (Å²) in [6, 6.07) is 18.7. The zero-order chi connectivity index (χ0) is 21.4. The Labute approximate surface area is 190 Å². The van der Waals surface area contributed by atoms with Crippen molar-refractivity contribution in [3.8, 4) is 11.3 Å². The van der Waals surface area contributed by atoms with Crippen LogP contribution >= 0.6 is 34.5 Å². The maximum absolute atomic E-state index is 12.7. The molecule has 0 radical (unpaired) electrons. The Morgan fingerprint density at radius 2 is 1.81 bits per heavy atom. The van der Waals surface area contributed by atoms with E-state index in [1.54, 1.807) is 30.4 Å². The van der Waals surface area contributed by atoms with Crippen molar-refractivity contribution in [3.05, 3.63) is 103 Å². The van der Waals surface area contributed by atoms with Gasteiger partial charge in [-0.1, -0.05) is 70.9 Å². The van der Waals surface area contributed by atoms with Gasteiger partial charge in [-0.3, -0.25) is 4.79 Å². The van der Waals surface area contributed by atoms with Crippen LogP contribution in [0.1, 0.15) is 17.1 Å². The van der Waals surface area contributed by atoms with E-state index in [9.17, 15) is 4.79 Å². The van der Waals surface area contributed by atoms with Gasteiger partial charge in [-0.2, -0.15) is 9.50 Å². The zero-order valence-corrected chi connectivity index (χ0v) is 18.2. The number of hydrogen-bond acceptors (Lipinski definition) is 5. The Bertz CT molecular complexity index is 1530. The number of nitrogens with zero attached hydrogens (tertiary/aromatic N) is 3. The average Bonchev–Trinajstić information content (AvgIpc) is 3.47. The highest BCUT2D eigenvalue weighted by Crippen LogP contribution is 2.29. The first kappa shape index (κ1) is 19.8. The van der Waals surface area contributed by atoms with Crippen LogP contribution in [0.25, 0.3) is 34.5 Å². The van der Waals surface area contributed by atoms with E-state index in [0.717, 1.165) is 11.1 Å². The van der Waals surface area contributed by atoms with Crippen molar-refractivity contribution < 1.29 is 4.42 Å². The molecule has 5 aromatic rings. The molecule has 0 aliphatic heterocycles. The number of rotatable bonds is 4. The smallest absolute Gasteiger partial charge is 0.291 e. The van der Waals surface area contributed by atoms with Crippen molar-refractivity contribution in [1.82, 2.24) is 14.6 Å². The van der Waals surface area contributed by atoms with Crippen LogP contribution in [0.15, 0.2) is 69.9 Å². The highest BCUT2D eigenvalue weighted by molar-refractivity contribution is 7.15. The summed E-state index contributed by atoms with van der Waals surface area (Å²) in [5.41, 5.74) is 1.60. The van der Waals surface area contributed by atoms with Crippen LogP contribution in [-0.2, 0) is 0 Å². The van der Waals surface area contributed by atoms with Crippen molar-refractivity contribution >= 4 is 57.7 Å². The quantitative estimate of drug-likeness (QED) is 0.354. The molecule has 3 heterocycles. The Hall–Kier alpha value is -3.19. The molecule has 0 aliphatic carbocycles. The van der Waals surface area contributed by atoms with Gasteiger partial charge in [-0.15, -0.1) is 5.10 Å². The first-order valence-corrected chi connectivity index (χ1v) is 10.8. The Balaban J connectivity index is 1.44. The summed E-state index contributed by atoms with van der Waals surface area (Å²) in [7, 11) is 0. The highest BCUT2D eigenvalue weighted by Gasteiger charge is 2.10. The van der Waals surface area contributed by atoms with Gasteiger partial charge in [0, 0.05) is 11.6 Å². The van der Waals surface area contributed by atoms with Crippen molar-refractivity contribution in [2.75, 3.05) is 0 Å². The molecule has 0 aliphatic rings. The number of halogens is 2. The molecule has 0 saturated heterocycles. The lowest BCUT2D eigenvalue weighted by atomic mass is 10.2. The topological polar surface area (TPSA) is 60.4 Å². The van der Waals surface area contributed by atoms with Gasteiger partial charge in [0.2, 0.25) is 4.96 Å². The number of hydrogen-bond donors (Lipinski definition) is 0. The minimum Gasteiger partial charge on any atom is -0.457 e. The van der Waals surface area contributed by atoms with Crippen LogP contribution in [-0.4, -0.2) is 14.6 Å². The SMILES string of the molecule is O=c1c(=Cc2ccc(-c3ccc(Cl)c(Cl)c3)o2)sc2nc(C=Cc3ccccc3)nn12. The van der Waals surface area contributed by atoms with E-state index in [1.165, 1.54) is 15.9 Å². The van der Waals surface area contributed by atoms with Gasteiger partial charge in [-0.05, 0) is 42.0 Å². The predicted octanol–water partition coefficient (Wildman–Crippen LogP) is 5.44. The molecule has 0 N–H and O–H groups in total. The number of fused-ring (bicyclic) bond motifs is 1. The average molecular weight is 466 g/mol. The minimum absolute atomic E-state index is 0.237. The molecule has 0 atom stereocenters. The van der Waals surface area contributed by atoms with Crippen LogP contribution in [0.2, 0.25) is 10.0 Å². The zero-order valence-electron chi connectivity index (χ0n) is 15.8. The predicted molar refractivity (Wildman–Crippen MR) is 125 cm³/mol. The molecule has 5 nitrogen and oxygen atoms in total. The molecule has 3 aromatic heterocycles. The molecule has 0 saturated carbocycles. The first-order valence-electron chi connectivity index (χ1n) is 9.26. The summed E-state index contributed by atoms with van der Waals surface area (Å²) >= 11 is 13.3. The standard InChI is InChI=1S/C23H13Cl2N3O2S/c24-17-9-7-15(12-18(17)25)19-10-8-16(30-19)13-20-22(29)28-23(31-20)26-21(27-28)11-6-14-4-2-1-3-5-14/h1-13H. The van der Waals surface area contributed by atoms with Gasteiger partial charge in [0.25, 0.3) is 5.56 Å². The van der Waals surface area contributed by atoms with Crippen LogP contribution < -0.4 is 10.1 Å². The van der Waals surface area contributed by atoms with E-state index in [-0.39, 0.29) is 5.56 Å². The Kier molecular flexibility index (Phi) is 5.19. The van der Waals surface area contributed by atoms with Gasteiger partial charge in [0.05, 0.1) is 10.0 Å². The molecule has 0 amide bonds. The van der Waals surface area contributed by atoms with Gasteiger partial charge in [0.15, 0.2) is 5.82 Å². The van der Waals surface area contributed by atoms with Crippen molar-refractivity contribution in [2.45, 2.75) is 0 Å². The molecule has 0 bridgehead atoms. The molecule has 5 rings (SSSR count). The molecule has 0 unspecified atom stereocenters. The summed E-state index contributed by atoms with van der Waals surface area (Å²) in [5, 5.41) is 5.23. The van der Waals surface area contributed by atoms with E-state index < -0.39 is 0 Å². The van der Waals surface area contributed by atoms with E-state index in [0.29, 0.717) is 36.9 Å². The summed E-state index contributed by atoms with van der Waals surface area (Å²) in [6.45, 7) is 0. The van der Waals surface area contributed by atoms with E-state index >= 15 is 0 Å². The maximum atomic E-state index is 12.7. The van der Waals surface area contributed by atoms with Crippen LogP contribution in [0.5, 0.6) is 0 Å². The molecule has 0 spiro atoms. The fourth-order valence-electron chi connectivity index (χ4n) is 3.02. The normalized spacial score (nSPS) is 12.4. The summed E-state index contributed by atoms with van der Waals surface area (Å²) in [5.74, 6) is 1.66. The van der Waals surface area contributed by atoms with Gasteiger partial charge in [0.1, 0.15) is 16.1 Å². The van der Waals surface area contributed by atoms with Crippen molar-refractivity contribution in [2.24, 2.45) is 0 Å². The molecule has 152 valence electrons. The van der Waals surface area contributed by atoms with Gasteiger partial charge >= 0.3 is 0 Å². The lowest BCUT2D eigenvalue weighted by Gasteiger charge is -1.99. The van der Waals surface area contributed by atoms with Crippen molar-refractivity contribution in [1.29, 1.82) is 0 Å². The third-order valence-corrected chi connectivity index (χ3v) is 6.23. The Morgan fingerprint density at radius 1 is 0.968 bits per heavy atom. The molecule has 31 heavy (non-hydrogen) atoms. The fraction of sp³-hybridized carbons (Fsp3) is 0. The number of thiazole rings is 1. The second-order valence-corrected chi connectivity index (χ2v) is 8.48. The first-order chi connectivity index (χ1) is 15.1. The van der Waals surface area contributed by atoms with E-state index in [4.69, 9.17) is 27.6 Å². The summed E-state index contributed by atoms with van der Waals surface area (Å²) < 4.78 is 7.66. The van der Waals surface area contributed by atoms with Crippen LogP contribution in [0, 0.1) is 0 Å². The van der Waals surface area contributed by atoms with Gasteiger partial charge in [-0.25, -0.2) is 0 Å². The second-order valence-electron chi connectivity index (χ2n) is 6.66. The largest absolute Gasteiger partial charge is 0.457 e. The van der Waals surface area contributed by atoms with Crippen LogP contribution in [0.4, 0.5) is 0 Å². The van der Waals surface area contributed by atoms with Crippen LogP contribution in [0.3, 0.4) is 0 Å².